The van der Waals surface area contributed by atoms with Gasteiger partial charge in [0.25, 0.3) is 5.91 Å². The Balaban J connectivity index is 1.37. The zero-order valence-corrected chi connectivity index (χ0v) is 18.6. The Kier molecular flexibility index (Phi) is 7.33. The molecule has 1 fully saturated rings. The van der Waals surface area contributed by atoms with Crippen LogP contribution in [0.3, 0.4) is 0 Å². The number of thiophene rings is 1. The number of rotatable bonds is 9. The van der Waals surface area contributed by atoms with Gasteiger partial charge in [-0.25, -0.2) is 0 Å². The number of carbonyl (C=O) groups excluding carboxylic acids is 1. The molecule has 1 amide bonds. The van der Waals surface area contributed by atoms with E-state index in [2.05, 4.69) is 4.98 Å². The predicted molar refractivity (Wildman–Crippen MR) is 123 cm³/mol. The first kappa shape index (κ1) is 21.5. The minimum absolute atomic E-state index is 0.0821. The first-order valence-electron chi connectivity index (χ1n) is 10.8. The van der Waals surface area contributed by atoms with Crippen LogP contribution < -0.4 is 4.74 Å². The van der Waals surface area contributed by atoms with Crippen LogP contribution in [-0.2, 0) is 17.7 Å². The average molecular weight is 437 g/mol. The fourth-order valence-corrected chi connectivity index (χ4v) is 4.61. The summed E-state index contributed by atoms with van der Waals surface area (Å²) in [6, 6.07) is 15.9. The Labute approximate surface area is 187 Å². The van der Waals surface area contributed by atoms with Gasteiger partial charge in [0, 0.05) is 38.0 Å². The number of benzene rings is 1. The maximum Gasteiger partial charge on any atom is 0.264 e. The normalized spacial score (nSPS) is 15.7. The highest BCUT2D eigenvalue weighted by Gasteiger charge is 2.25. The minimum Gasteiger partial charge on any atom is -0.493 e. The smallest absolute Gasteiger partial charge is 0.264 e. The molecule has 31 heavy (non-hydrogen) atoms. The maximum atomic E-state index is 13.2. The van der Waals surface area contributed by atoms with Gasteiger partial charge < -0.3 is 14.4 Å². The molecule has 6 heteroatoms. The van der Waals surface area contributed by atoms with E-state index in [1.807, 2.05) is 65.7 Å². The van der Waals surface area contributed by atoms with Gasteiger partial charge in [-0.1, -0.05) is 18.2 Å². The number of hydrogen-bond donors (Lipinski definition) is 0. The second kappa shape index (κ2) is 10.6. The second-order valence-electron chi connectivity index (χ2n) is 7.82. The first-order valence-corrected chi connectivity index (χ1v) is 11.6. The quantitative estimate of drug-likeness (QED) is 0.479. The Morgan fingerprint density at radius 2 is 2.10 bits per heavy atom. The van der Waals surface area contributed by atoms with E-state index in [9.17, 15) is 4.79 Å². The van der Waals surface area contributed by atoms with Crippen LogP contribution in [0.4, 0.5) is 0 Å². The molecule has 2 aromatic heterocycles. The molecule has 0 saturated carbocycles. The Hall–Kier alpha value is -2.70. The molecule has 0 aliphatic carbocycles. The fraction of sp³-hybridized carbons (Fsp3) is 0.360. The summed E-state index contributed by atoms with van der Waals surface area (Å²) in [6.45, 7) is 4.54. The number of aryl methyl sites for hydroxylation is 1. The largest absolute Gasteiger partial charge is 0.493 e. The van der Waals surface area contributed by atoms with Crippen molar-refractivity contribution < 1.29 is 14.3 Å². The Morgan fingerprint density at radius 3 is 2.77 bits per heavy atom. The topological polar surface area (TPSA) is 51.7 Å². The molecule has 5 nitrogen and oxygen atoms in total. The first-order chi connectivity index (χ1) is 15.2. The molecular formula is C25H28N2O3S. The number of hydrogen-bond acceptors (Lipinski definition) is 5. The highest BCUT2D eigenvalue weighted by molar-refractivity contribution is 7.12. The van der Waals surface area contributed by atoms with Gasteiger partial charge in [-0.15, -0.1) is 11.3 Å². The lowest BCUT2D eigenvalue weighted by Gasteiger charge is -2.25. The molecule has 1 saturated heterocycles. The van der Waals surface area contributed by atoms with Crippen molar-refractivity contribution in [2.24, 2.45) is 0 Å². The van der Waals surface area contributed by atoms with E-state index in [1.165, 1.54) is 11.3 Å². The third-order valence-electron chi connectivity index (χ3n) is 5.44. The number of pyridine rings is 1. The molecule has 3 aromatic rings. The molecule has 1 unspecified atom stereocenters. The number of aromatic nitrogens is 1. The Bertz CT molecular complexity index is 966. The summed E-state index contributed by atoms with van der Waals surface area (Å²) in [4.78, 5) is 20.3. The second-order valence-corrected chi connectivity index (χ2v) is 8.73. The van der Waals surface area contributed by atoms with E-state index in [0.717, 1.165) is 53.3 Å². The summed E-state index contributed by atoms with van der Waals surface area (Å²) < 4.78 is 11.7. The van der Waals surface area contributed by atoms with Crippen molar-refractivity contribution in [1.29, 1.82) is 0 Å². The Morgan fingerprint density at radius 1 is 1.23 bits per heavy atom. The third kappa shape index (κ3) is 5.93. The maximum absolute atomic E-state index is 13.2. The summed E-state index contributed by atoms with van der Waals surface area (Å²) in [5.41, 5.74) is 3.13. The standard InChI is InChI=1S/C25H28N2O3S/c1-19-12-16-31-24(19)25(28)27(18-23-6-4-14-29-23)17-20-7-9-22(10-8-20)30-15-11-21-5-2-3-13-26-21/h2-3,5,7-10,12-13,16,23H,4,6,11,14-15,17-18H2,1H3. The van der Waals surface area contributed by atoms with Gasteiger partial charge in [0.1, 0.15) is 5.75 Å². The van der Waals surface area contributed by atoms with Crippen LogP contribution in [0.15, 0.2) is 60.1 Å². The van der Waals surface area contributed by atoms with Crippen LogP contribution in [0.5, 0.6) is 5.75 Å². The zero-order chi connectivity index (χ0) is 21.5. The number of carbonyl (C=O) groups is 1. The number of ether oxygens (including phenoxy) is 2. The van der Waals surface area contributed by atoms with Crippen molar-refractivity contribution in [1.82, 2.24) is 9.88 Å². The molecule has 0 N–H and O–H groups in total. The molecule has 0 bridgehead atoms. The molecule has 1 aromatic carbocycles. The summed E-state index contributed by atoms with van der Waals surface area (Å²) in [5.74, 6) is 0.907. The SMILES string of the molecule is Cc1ccsc1C(=O)N(Cc1ccc(OCCc2ccccn2)cc1)CC1CCCO1. The summed E-state index contributed by atoms with van der Waals surface area (Å²) >= 11 is 1.51. The fourth-order valence-electron chi connectivity index (χ4n) is 3.72. The zero-order valence-electron chi connectivity index (χ0n) is 17.8. The van der Waals surface area contributed by atoms with E-state index < -0.39 is 0 Å². The lowest BCUT2D eigenvalue weighted by atomic mass is 10.1. The van der Waals surface area contributed by atoms with Gasteiger partial charge in [0.05, 0.1) is 17.6 Å². The van der Waals surface area contributed by atoms with Crippen molar-refractivity contribution in [2.75, 3.05) is 19.8 Å². The van der Waals surface area contributed by atoms with Crippen LogP contribution in [0.2, 0.25) is 0 Å². The van der Waals surface area contributed by atoms with Crippen LogP contribution in [0.25, 0.3) is 0 Å². The van der Waals surface area contributed by atoms with Gasteiger partial charge in [-0.05, 0) is 66.6 Å². The van der Waals surface area contributed by atoms with Crippen molar-refractivity contribution >= 4 is 17.2 Å². The van der Waals surface area contributed by atoms with E-state index in [0.29, 0.717) is 19.7 Å². The number of nitrogens with zero attached hydrogens (tertiary/aromatic N) is 2. The molecule has 162 valence electrons. The van der Waals surface area contributed by atoms with Gasteiger partial charge in [0.15, 0.2) is 0 Å². The van der Waals surface area contributed by atoms with E-state index in [-0.39, 0.29) is 12.0 Å². The molecule has 1 aliphatic rings. The molecule has 3 heterocycles. The van der Waals surface area contributed by atoms with E-state index in [1.54, 1.807) is 6.20 Å². The van der Waals surface area contributed by atoms with Gasteiger partial charge >= 0.3 is 0 Å². The molecule has 0 radical (unpaired) electrons. The molecule has 0 spiro atoms. The van der Waals surface area contributed by atoms with Crippen LogP contribution in [0, 0.1) is 6.92 Å². The molecule has 4 rings (SSSR count). The third-order valence-corrected chi connectivity index (χ3v) is 6.45. The lowest BCUT2D eigenvalue weighted by molar-refractivity contribution is 0.0510. The van der Waals surface area contributed by atoms with E-state index in [4.69, 9.17) is 9.47 Å². The molecule has 1 atom stereocenters. The van der Waals surface area contributed by atoms with Gasteiger partial charge in [-0.3, -0.25) is 9.78 Å². The van der Waals surface area contributed by atoms with Crippen molar-refractivity contribution in [2.45, 2.75) is 38.8 Å². The lowest BCUT2D eigenvalue weighted by Crippen LogP contribution is -2.36. The van der Waals surface area contributed by atoms with Crippen molar-refractivity contribution in [3.05, 3.63) is 81.8 Å². The molecular weight excluding hydrogens is 408 g/mol. The van der Waals surface area contributed by atoms with Crippen LogP contribution >= 0.6 is 11.3 Å². The predicted octanol–water partition coefficient (Wildman–Crippen LogP) is 4.89. The highest BCUT2D eigenvalue weighted by Crippen LogP contribution is 2.22. The summed E-state index contributed by atoms with van der Waals surface area (Å²) in [6.07, 6.45) is 4.77. The van der Waals surface area contributed by atoms with Crippen molar-refractivity contribution in [3.8, 4) is 5.75 Å². The van der Waals surface area contributed by atoms with Gasteiger partial charge in [0.2, 0.25) is 0 Å². The van der Waals surface area contributed by atoms with Gasteiger partial charge in [-0.2, -0.15) is 0 Å². The number of amides is 1. The summed E-state index contributed by atoms with van der Waals surface area (Å²) in [7, 11) is 0. The van der Waals surface area contributed by atoms with E-state index >= 15 is 0 Å². The summed E-state index contributed by atoms with van der Waals surface area (Å²) in [5, 5.41) is 1.98. The van der Waals surface area contributed by atoms with Crippen molar-refractivity contribution in [3.63, 3.8) is 0 Å². The monoisotopic (exact) mass is 436 g/mol. The van der Waals surface area contributed by atoms with Crippen LogP contribution in [-0.4, -0.2) is 41.7 Å². The average Bonchev–Trinajstić information content (AvgIpc) is 3.46. The highest BCUT2D eigenvalue weighted by atomic mass is 32.1. The van der Waals surface area contributed by atoms with Crippen LogP contribution in [0.1, 0.15) is 39.3 Å². The minimum atomic E-state index is 0.0821. The molecule has 1 aliphatic heterocycles.